The first kappa shape index (κ1) is 12.7. The molecule has 2 fully saturated rings. The van der Waals surface area contributed by atoms with Gasteiger partial charge in [0.1, 0.15) is 5.60 Å². The summed E-state index contributed by atoms with van der Waals surface area (Å²) in [5.74, 6) is 0. The number of hydrogen-bond donors (Lipinski definition) is 1. The molecule has 0 radical (unpaired) electrons. The minimum Gasteiger partial charge on any atom is -0.444 e. The third kappa shape index (κ3) is 2.58. The lowest BCUT2D eigenvalue weighted by atomic mass is 9.78. The molecule has 0 heterocycles. The number of amides is 1. The molecule has 0 aromatic heterocycles. The Hall–Kier alpha value is -0.730. The van der Waals surface area contributed by atoms with E-state index in [0.29, 0.717) is 5.41 Å². The third-order valence-corrected chi connectivity index (χ3v) is 4.35. The van der Waals surface area contributed by atoms with Crippen LogP contribution in [0.15, 0.2) is 0 Å². The van der Waals surface area contributed by atoms with Crippen LogP contribution in [-0.4, -0.2) is 17.2 Å². The maximum Gasteiger partial charge on any atom is 0.408 e. The molecule has 0 unspecified atom stereocenters. The molecule has 2 aliphatic rings. The second-order valence-electron chi connectivity index (χ2n) is 6.98. The van der Waals surface area contributed by atoms with E-state index in [4.69, 9.17) is 4.74 Å². The van der Waals surface area contributed by atoms with Crippen molar-refractivity contribution in [1.82, 2.24) is 5.32 Å². The normalized spacial score (nSPS) is 25.4. The molecule has 0 aromatic carbocycles. The molecule has 2 saturated carbocycles. The van der Waals surface area contributed by atoms with Gasteiger partial charge in [-0.1, -0.05) is 19.8 Å². The van der Waals surface area contributed by atoms with Gasteiger partial charge >= 0.3 is 6.09 Å². The molecule has 3 nitrogen and oxygen atoms in total. The number of rotatable bonds is 2. The summed E-state index contributed by atoms with van der Waals surface area (Å²) in [4.78, 5) is 11.9. The molecule has 98 valence electrons. The van der Waals surface area contributed by atoms with E-state index in [2.05, 4.69) is 12.2 Å². The zero-order chi connectivity index (χ0) is 12.7. The average Bonchev–Trinajstić information content (AvgIpc) is 2.78. The lowest BCUT2D eigenvalue weighted by Gasteiger charge is -2.35. The highest BCUT2D eigenvalue weighted by molar-refractivity contribution is 5.69. The molecule has 1 N–H and O–H groups in total. The van der Waals surface area contributed by atoms with Gasteiger partial charge in [0, 0.05) is 5.54 Å². The molecule has 17 heavy (non-hydrogen) atoms. The van der Waals surface area contributed by atoms with Gasteiger partial charge in [-0.05, 0) is 51.9 Å². The summed E-state index contributed by atoms with van der Waals surface area (Å²) in [6, 6.07) is 0. The monoisotopic (exact) mass is 239 g/mol. The summed E-state index contributed by atoms with van der Waals surface area (Å²) in [6.07, 6.45) is 7.06. The van der Waals surface area contributed by atoms with Gasteiger partial charge in [-0.15, -0.1) is 0 Å². The first-order valence-electron chi connectivity index (χ1n) is 6.78. The smallest absolute Gasteiger partial charge is 0.408 e. The molecule has 0 aliphatic heterocycles. The average molecular weight is 239 g/mol. The number of alkyl carbamates (subject to hydrolysis) is 1. The molecule has 0 spiro atoms. The summed E-state index contributed by atoms with van der Waals surface area (Å²) in [6.45, 7) is 8.04. The van der Waals surface area contributed by atoms with Crippen LogP contribution >= 0.6 is 0 Å². The number of nitrogens with one attached hydrogen (secondary N) is 1. The Bertz CT molecular complexity index is 307. The van der Waals surface area contributed by atoms with Gasteiger partial charge in [-0.25, -0.2) is 4.79 Å². The first-order chi connectivity index (χ1) is 7.77. The molecular weight excluding hydrogens is 214 g/mol. The van der Waals surface area contributed by atoms with Crippen LogP contribution in [0.2, 0.25) is 0 Å². The van der Waals surface area contributed by atoms with Crippen molar-refractivity contribution in [1.29, 1.82) is 0 Å². The van der Waals surface area contributed by atoms with Gasteiger partial charge in [-0.3, -0.25) is 0 Å². The second kappa shape index (κ2) is 3.89. The van der Waals surface area contributed by atoms with Gasteiger partial charge in [-0.2, -0.15) is 0 Å². The summed E-state index contributed by atoms with van der Waals surface area (Å²) < 4.78 is 5.37. The molecule has 3 heteroatoms. The van der Waals surface area contributed by atoms with E-state index in [0.717, 1.165) is 12.8 Å². The minimum absolute atomic E-state index is 0.0336. The van der Waals surface area contributed by atoms with E-state index >= 15 is 0 Å². The van der Waals surface area contributed by atoms with E-state index in [9.17, 15) is 4.79 Å². The summed E-state index contributed by atoms with van der Waals surface area (Å²) in [7, 11) is 0. The topological polar surface area (TPSA) is 38.3 Å². The van der Waals surface area contributed by atoms with Crippen molar-refractivity contribution in [2.45, 2.75) is 77.4 Å². The van der Waals surface area contributed by atoms with Crippen molar-refractivity contribution in [2.24, 2.45) is 5.41 Å². The predicted molar refractivity (Wildman–Crippen MR) is 67.9 cm³/mol. The molecule has 0 bridgehead atoms. The molecule has 0 saturated heterocycles. The zero-order valence-electron chi connectivity index (χ0n) is 11.6. The fourth-order valence-electron chi connectivity index (χ4n) is 3.14. The Balaban J connectivity index is 1.96. The Labute approximate surface area is 104 Å². The second-order valence-corrected chi connectivity index (χ2v) is 6.98. The standard InChI is InChI=1S/C14H25NO2/c1-12(2,3)17-11(16)15-14(9-10-14)13(4)7-5-6-8-13/h5-10H2,1-4H3,(H,15,16). The Kier molecular flexibility index (Phi) is 2.91. The number of carbonyl (C=O) groups excluding carboxylic acids is 1. The van der Waals surface area contributed by atoms with Gasteiger partial charge < -0.3 is 10.1 Å². The van der Waals surface area contributed by atoms with Crippen LogP contribution in [0.3, 0.4) is 0 Å². The summed E-state index contributed by atoms with van der Waals surface area (Å²) in [5.41, 5.74) is -0.0769. The Morgan fingerprint density at radius 2 is 1.65 bits per heavy atom. The lowest BCUT2D eigenvalue weighted by Crippen LogP contribution is -2.49. The maximum absolute atomic E-state index is 11.9. The molecule has 2 rings (SSSR count). The highest BCUT2D eigenvalue weighted by Gasteiger charge is 2.58. The van der Waals surface area contributed by atoms with Crippen molar-refractivity contribution >= 4 is 6.09 Å². The van der Waals surface area contributed by atoms with Crippen LogP contribution < -0.4 is 5.32 Å². The minimum atomic E-state index is -0.406. The first-order valence-corrected chi connectivity index (χ1v) is 6.78. The predicted octanol–water partition coefficient (Wildman–Crippen LogP) is 3.62. The van der Waals surface area contributed by atoms with Gasteiger partial charge in [0.25, 0.3) is 0 Å². The van der Waals surface area contributed by atoms with Gasteiger partial charge in [0.15, 0.2) is 0 Å². The quantitative estimate of drug-likeness (QED) is 0.799. The zero-order valence-corrected chi connectivity index (χ0v) is 11.6. The molecular formula is C14H25NO2. The van der Waals surface area contributed by atoms with E-state index in [1.165, 1.54) is 25.7 Å². The molecule has 1 amide bonds. The highest BCUT2D eigenvalue weighted by atomic mass is 16.6. The Morgan fingerprint density at radius 1 is 1.12 bits per heavy atom. The van der Waals surface area contributed by atoms with E-state index in [1.807, 2.05) is 20.8 Å². The maximum atomic E-state index is 11.9. The van der Waals surface area contributed by atoms with Gasteiger partial charge in [0.2, 0.25) is 0 Å². The van der Waals surface area contributed by atoms with Crippen LogP contribution in [0.5, 0.6) is 0 Å². The fraction of sp³-hybridized carbons (Fsp3) is 0.929. The van der Waals surface area contributed by atoms with Crippen LogP contribution in [0.1, 0.15) is 66.2 Å². The van der Waals surface area contributed by atoms with Crippen molar-refractivity contribution in [3.8, 4) is 0 Å². The molecule has 0 aromatic rings. The van der Waals surface area contributed by atoms with Crippen LogP contribution in [0.25, 0.3) is 0 Å². The van der Waals surface area contributed by atoms with E-state index in [1.54, 1.807) is 0 Å². The molecule has 2 aliphatic carbocycles. The largest absolute Gasteiger partial charge is 0.444 e. The van der Waals surface area contributed by atoms with E-state index < -0.39 is 5.60 Å². The Morgan fingerprint density at radius 3 is 2.06 bits per heavy atom. The number of ether oxygens (including phenoxy) is 1. The van der Waals surface area contributed by atoms with Gasteiger partial charge in [0.05, 0.1) is 0 Å². The number of hydrogen-bond acceptors (Lipinski definition) is 2. The highest BCUT2D eigenvalue weighted by Crippen LogP contribution is 2.57. The van der Waals surface area contributed by atoms with Crippen molar-refractivity contribution in [3.63, 3.8) is 0 Å². The van der Waals surface area contributed by atoms with Crippen LogP contribution in [0, 0.1) is 5.41 Å². The van der Waals surface area contributed by atoms with Crippen molar-refractivity contribution in [2.75, 3.05) is 0 Å². The lowest BCUT2D eigenvalue weighted by molar-refractivity contribution is 0.0430. The van der Waals surface area contributed by atoms with E-state index in [-0.39, 0.29) is 11.6 Å². The molecule has 0 atom stereocenters. The van der Waals surface area contributed by atoms with Crippen LogP contribution in [0.4, 0.5) is 4.79 Å². The summed E-state index contributed by atoms with van der Waals surface area (Å²) >= 11 is 0. The van der Waals surface area contributed by atoms with Crippen LogP contribution in [-0.2, 0) is 4.74 Å². The summed E-state index contributed by atoms with van der Waals surface area (Å²) in [5, 5.41) is 3.15. The third-order valence-electron chi connectivity index (χ3n) is 4.35. The van der Waals surface area contributed by atoms with Crippen molar-refractivity contribution in [3.05, 3.63) is 0 Å². The number of carbonyl (C=O) groups is 1. The fourth-order valence-corrected chi connectivity index (χ4v) is 3.14. The SMILES string of the molecule is CC(C)(C)OC(=O)NC1(C2(C)CCCC2)CC1. The van der Waals surface area contributed by atoms with Crippen molar-refractivity contribution < 1.29 is 9.53 Å².